The summed E-state index contributed by atoms with van der Waals surface area (Å²) in [5.41, 5.74) is 4.86. The zero-order chi connectivity index (χ0) is 17.8. The van der Waals surface area contributed by atoms with Crippen molar-refractivity contribution in [2.45, 2.75) is 13.3 Å². The van der Waals surface area contributed by atoms with E-state index in [9.17, 15) is 14.7 Å². The lowest BCUT2D eigenvalue weighted by Gasteiger charge is -2.16. The standard InChI is InChI=1S/C19H19N3O3/c1-13-6-8-16(9-7-13)22-12-15(10-18(22)24)19(25)21-20-11-14-4-2-3-5-17(14)23/h2-9,11,15,23H,10,12H2,1H3,(H,21,25)/b20-11-/t15-/m0/s1. The van der Waals surface area contributed by atoms with Gasteiger partial charge in [0, 0.05) is 24.2 Å². The van der Waals surface area contributed by atoms with Gasteiger partial charge in [-0.1, -0.05) is 29.8 Å². The van der Waals surface area contributed by atoms with Crippen molar-refractivity contribution in [2.24, 2.45) is 11.0 Å². The lowest BCUT2D eigenvalue weighted by atomic mass is 10.1. The third-order valence-electron chi connectivity index (χ3n) is 4.16. The Bertz CT molecular complexity index is 815. The minimum absolute atomic E-state index is 0.0753. The molecule has 0 aliphatic carbocycles. The summed E-state index contributed by atoms with van der Waals surface area (Å²) >= 11 is 0. The number of nitrogens with zero attached hydrogens (tertiary/aromatic N) is 2. The van der Waals surface area contributed by atoms with Crippen molar-refractivity contribution in [3.63, 3.8) is 0 Å². The van der Waals surface area contributed by atoms with Gasteiger partial charge in [0.25, 0.3) is 0 Å². The number of hydrogen-bond acceptors (Lipinski definition) is 4. The molecule has 1 aliphatic heterocycles. The van der Waals surface area contributed by atoms with Crippen molar-refractivity contribution in [1.82, 2.24) is 5.43 Å². The van der Waals surface area contributed by atoms with Crippen LogP contribution in [0, 0.1) is 12.8 Å². The average Bonchev–Trinajstić information content (AvgIpc) is 2.99. The monoisotopic (exact) mass is 337 g/mol. The summed E-state index contributed by atoms with van der Waals surface area (Å²) in [5, 5.41) is 13.5. The molecule has 0 spiro atoms. The summed E-state index contributed by atoms with van der Waals surface area (Å²) in [6, 6.07) is 14.3. The number of rotatable bonds is 4. The van der Waals surface area contributed by atoms with Crippen LogP contribution >= 0.6 is 0 Å². The number of benzene rings is 2. The number of nitrogens with one attached hydrogen (secondary N) is 1. The van der Waals surface area contributed by atoms with E-state index in [0.717, 1.165) is 11.3 Å². The molecular formula is C19H19N3O3. The van der Waals surface area contributed by atoms with Gasteiger partial charge in [0.1, 0.15) is 5.75 Å². The predicted molar refractivity (Wildman–Crippen MR) is 95.5 cm³/mol. The highest BCUT2D eigenvalue weighted by atomic mass is 16.3. The van der Waals surface area contributed by atoms with E-state index in [1.807, 2.05) is 31.2 Å². The third-order valence-corrected chi connectivity index (χ3v) is 4.16. The minimum Gasteiger partial charge on any atom is -0.507 e. The van der Waals surface area contributed by atoms with Gasteiger partial charge in [-0.05, 0) is 31.2 Å². The Hall–Kier alpha value is -3.15. The summed E-state index contributed by atoms with van der Waals surface area (Å²) in [4.78, 5) is 26.0. The molecule has 0 radical (unpaired) electrons. The molecule has 0 saturated carbocycles. The number of phenolic OH excluding ortho intramolecular Hbond substituents is 1. The van der Waals surface area contributed by atoms with E-state index < -0.39 is 5.92 Å². The number of phenols is 1. The molecule has 0 bridgehead atoms. The maximum Gasteiger partial charge on any atom is 0.245 e. The van der Waals surface area contributed by atoms with Gasteiger partial charge in [-0.2, -0.15) is 5.10 Å². The van der Waals surface area contributed by atoms with Gasteiger partial charge >= 0.3 is 0 Å². The molecule has 1 fully saturated rings. The number of hydrogen-bond donors (Lipinski definition) is 2. The Labute approximate surface area is 145 Å². The summed E-state index contributed by atoms with van der Waals surface area (Å²) in [6.07, 6.45) is 1.54. The van der Waals surface area contributed by atoms with Crippen molar-refractivity contribution in [3.8, 4) is 5.75 Å². The second kappa shape index (κ2) is 7.17. The van der Waals surface area contributed by atoms with Gasteiger partial charge in [0.15, 0.2) is 0 Å². The Morgan fingerprint density at radius 1 is 1.24 bits per heavy atom. The molecule has 1 heterocycles. The van der Waals surface area contributed by atoms with Crippen molar-refractivity contribution in [2.75, 3.05) is 11.4 Å². The van der Waals surface area contributed by atoms with E-state index in [0.29, 0.717) is 12.1 Å². The highest BCUT2D eigenvalue weighted by Crippen LogP contribution is 2.25. The highest BCUT2D eigenvalue weighted by molar-refractivity contribution is 6.00. The zero-order valence-electron chi connectivity index (χ0n) is 13.8. The molecule has 1 saturated heterocycles. The van der Waals surface area contributed by atoms with Crippen molar-refractivity contribution in [1.29, 1.82) is 0 Å². The first-order valence-corrected chi connectivity index (χ1v) is 8.02. The second-order valence-electron chi connectivity index (χ2n) is 6.03. The average molecular weight is 337 g/mol. The normalized spacial score (nSPS) is 17.2. The number of carbonyl (C=O) groups excluding carboxylic acids is 2. The van der Waals surface area contributed by atoms with E-state index in [4.69, 9.17) is 0 Å². The smallest absolute Gasteiger partial charge is 0.245 e. The predicted octanol–water partition coefficient (Wildman–Crippen LogP) is 2.20. The van der Waals surface area contributed by atoms with Crippen LogP contribution in [-0.2, 0) is 9.59 Å². The fourth-order valence-corrected chi connectivity index (χ4v) is 2.71. The number of amides is 2. The topological polar surface area (TPSA) is 82.0 Å². The number of para-hydroxylation sites is 1. The summed E-state index contributed by atoms with van der Waals surface area (Å²) < 4.78 is 0. The Kier molecular flexibility index (Phi) is 4.79. The van der Waals surface area contributed by atoms with Gasteiger partial charge in [-0.3, -0.25) is 9.59 Å². The molecule has 6 nitrogen and oxygen atoms in total. The molecular weight excluding hydrogens is 318 g/mol. The first-order chi connectivity index (χ1) is 12.0. The van der Waals surface area contributed by atoms with Gasteiger partial charge in [-0.15, -0.1) is 0 Å². The lowest BCUT2D eigenvalue weighted by Crippen LogP contribution is -2.30. The van der Waals surface area contributed by atoms with Crippen LogP contribution in [0.2, 0.25) is 0 Å². The van der Waals surface area contributed by atoms with Crippen molar-refractivity contribution >= 4 is 23.7 Å². The Morgan fingerprint density at radius 3 is 2.68 bits per heavy atom. The zero-order valence-corrected chi connectivity index (χ0v) is 13.8. The van der Waals surface area contributed by atoms with Gasteiger partial charge in [0.2, 0.25) is 11.8 Å². The van der Waals surface area contributed by atoms with E-state index in [1.54, 1.807) is 23.1 Å². The number of aryl methyl sites for hydroxylation is 1. The summed E-state index contributed by atoms with van der Waals surface area (Å²) in [7, 11) is 0. The molecule has 2 N–H and O–H groups in total. The van der Waals surface area contributed by atoms with Crippen LogP contribution in [-0.4, -0.2) is 29.7 Å². The van der Waals surface area contributed by atoms with Crippen molar-refractivity contribution < 1.29 is 14.7 Å². The molecule has 2 aromatic rings. The number of carbonyl (C=O) groups is 2. The van der Waals surface area contributed by atoms with E-state index in [1.165, 1.54) is 12.3 Å². The Morgan fingerprint density at radius 2 is 1.96 bits per heavy atom. The molecule has 1 atom stereocenters. The molecule has 3 rings (SSSR count). The highest BCUT2D eigenvalue weighted by Gasteiger charge is 2.35. The maximum absolute atomic E-state index is 12.2. The van der Waals surface area contributed by atoms with E-state index in [2.05, 4.69) is 10.5 Å². The van der Waals surface area contributed by atoms with Crippen LogP contribution in [0.4, 0.5) is 5.69 Å². The Balaban J connectivity index is 1.61. The molecule has 2 amide bonds. The largest absolute Gasteiger partial charge is 0.507 e. The minimum atomic E-state index is -0.449. The molecule has 0 unspecified atom stereocenters. The molecule has 128 valence electrons. The van der Waals surface area contributed by atoms with Crippen LogP contribution in [0.5, 0.6) is 5.75 Å². The SMILES string of the molecule is Cc1ccc(N2C[C@@H](C(=O)N/N=C\c3ccccc3O)CC2=O)cc1. The fraction of sp³-hybridized carbons (Fsp3) is 0.211. The molecule has 6 heteroatoms. The van der Waals surface area contributed by atoms with Crippen LogP contribution in [0.3, 0.4) is 0 Å². The lowest BCUT2D eigenvalue weighted by molar-refractivity contribution is -0.126. The van der Waals surface area contributed by atoms with Gasteiger partial charge in [-0.25, -0.2) is 5.43 Å². The first kappa shape index (κ1) is 16.7. The summed E-state index contributed by atoms with van der Waals surface area (Å²) in [6.45, 7) is 2.31. The van der Waals surface area contributed by atoms with Crippen LogP contribution in [0.1, 0.15) is 17.5 Å². The fourth-order valence-electron chi connectivity index (χ4n) is 2.71. The molecule has 25 heavy (non-hydrogen) atoms. The quantitative estimate of drug-likeness (QED) is 0.663. The van der Waals surface area contributed by atoms with Crippen LogP contribution < -0.4 is 10.3 Å². The molecule has 2 aromatic carbocycles. The van der Waals surface area contributed by atoms with Gasteiger partial charge < -0.3 is 10.0 Å². The maximum atomic E-state index is 12.2. The number of hydrazone groups is 1. The molecule has 0 aromatic heterocycles. The third kappa shape index (κ3) is 3.85. The van der Waals surface area contributed by atoms with Crippen LogP contribution in [0.25, 0.3) is 0 Å². The number of anilines is 1. The van der Waals surface area contributed by atoms with Gasteiger partial charge in [0.05, 0.1) is 12.1 Å². The van der Waals surface area contributed by atoms with Crippen LogP contribution in [0.15, 0.2) is 53.6 Å². The summed E-state index contributed by atoms with van der Waals surface area (Å²) in [5.74, 6) is -0.749. The second-order valence-corrected chi connectivity index (χ2v) is 6.03. The molecule has 1 aliphatic rings. The van der Waals surface area contributed by atoms with E-state index in [-0.39, 0.29) is 24.0 Å². The van der Waals surface area contributed by atoms with E-state index >= 15 is 0 Å². The van der Waals surface area contributed by atoms with Crippen molar-refractivity contribution in [3.05, 3.63) is 59.7 Å². The number of aromatic hydroxyl groups is 1. The first-order valence-electron chi connectivity index (χ1n) is 8.02.